The van der Waals surface area contributed by atoms with Crippen LogP contribution >= 0.6 is 0 Å². The highest BCUT2D eigenvalue weighted by atomic mass is 32.2. The van der Waals surface area contributed by atoms with Crippen molar-refractivity contribution in [1.29, 1.82) is 0 Å². The van der Waals surface area contributed by atoms with Crippen LogP contribution in [-0.2, 0) is 9.84 Å². The standard InChI is InChI=1S/C17H27NO2S/c1-18-17(15-8-4-3-5-9-15)12-11-14-7-6-10-16(13-14)21(2,19)20/h3-5,8-9,14,16-18H,6-7,10-13H2,1-2H3. The fourth-order valence-corrected chi connectivity index (χ4v) is 4.67. The second kappa shape index (κ2) is 7.41. The van der Waals surface area contributed by atoms with Gasteiger partial charge >= 0.3 is 0 Å². The van der Waals surface area contributed by atoms with Gasteiger partial charge in [0.15, 0.2) is 0 Å². The average Bonchev–Trinajstić information content (AvgIpc) is 2.48. The van der Waals surface area contributed by atoms with Crippen molar-refractivity contribution in [2.75, 3.05) is 13.3 Å². The maximum absolute atomic E-state index is 11.7. The van der Waals surface area contributed by atoms with Crippen molar-refractivity contribution in [3.8, 4) is 0 Å². The van der Waals surface area contributed by atoms with E-state index in [1.807, 2.05) is 13.1 Å². The summed E-state index contributed by atoms with van der Waals surface area (Å²) in [6.45, 7) is 0. The van der Waals surface area contributed by atoms with Gasteiger partial charge in [0.2, 0.25) is 0 Å². The van der Waals surface area contributed by atoms with Crippen molar-refractivity contribution < 1.29 is 8.42 Å². The SMILES string of the molecule is CNC(CCC1CCCC(S(C)(=O)=O)C1)c1ccccc1. The minimum atomic E-state index is -2.87. The van der Waals surface area contributed by atoms with E-state index in [1.165, 1.54) is 18.2 Å². The molecule has 0 bridgehead atoms. The molecule has 0 aliphatic heterocycles. The van der Waals surface area contributed by atoms with Crippen molar-refractivity contribution in [1.82, 2.24) is 5.32 Å². The van der Waals surface area contributed by atoms with Gasteiger partial charge in [-0.3, -0.25) is 0 Å². The molecule has 1 fully saturated rings. The summed E-state index contributed by atoms with van der Waals surface area (Å²) < 4.78 is 23.5. The molecule has 3 unspecified atom stereocenters. The van der Waals surface area contributed by atoms with Crippen LogP contribution in [0, 0.1) is 5.92 Å². The van der Waals surface area contributed by atoms with E-state index >= 15 is 0 Å². The molecule has 1 saturated carbocycles. The smallest absolute Gasteiger partial charge is 0.150 e. The number of rotatable bonds is 6. The van der Waals surface area contributed by atoms with Gasteiger partial charge in [0.05, 0.1) is 5.25 Å². The average molecular weight is 309 g/mol. The summed E-state index contributed by atoms with van der Waals surface area (Å²) in [5, 5.41) is 3.27. The Balaban J connectivity index is 1.90. The monoisotopic (exact) mass is 309 g/mol. The molecule has 1 aliphatic carbocycles. The highest BCUT2D eigenvalue weighted by Gasteiger charge is 2.29. The van der Waals surface area contributed by atoms with E-state index in [0.29, 0.717) is 12.0 Å². The Hall–Kier alpha value is -0.870. The van der Waals surface area contributed by atoms with Crippen LogP contribution in [0.2, 0.25) is 0 Å². The zero-order chi connectivity index (χ0) is 15.3. The Kier molecular flexibility index (Phi) is 5.82. The first-order chi connectivity index (χ1) is 10.0. The van der Waals surface area contributed by atoms with Crippen LogP contribution in [0.25, 0.3) is 0 Å². The van der Waals surface area contributed by atoms with Gasteiger partial charge in [0.25, 0.3) is 0 Å². The molecule has 0 heterocycles. The molecule has 4 heteroatoms. The maximum Gasteiger partial charge on any atom is 0.150 e. The Labute approximate surface area is 129 Å². The van der Waals surface area contributed by atoms with Crippen LogP contribution in [-0.4, -0.2) is 27.0 Å². The number of hydrogen-bond donors (Lipinski definition) is 1. The van der Waals surface area contributed by atoms with Gasteiger partial charge in [0.1, 0.15) is 9.84 Å². The van der Waals surface area contributed by atoms with Crippen LogP contribution in [0.1, 0.15) is 50.1 Å². The predicted molar refractivity (Wildman–Crippen MR) is 88.1 cm³/mol. The molecule has 0 amide bonds. The first-order valence-corrected chi connectivity index (χ1v) is 9.87. The molecule has 0 radical (unpaired) electrons. The second-order valence-corrected chi connectivity index (χ2v) is 8.64. The molecular weight excluding hydrogens is 282 g/mol. The molecule has 3 atom stereocenters. The van der Waals surface area contributed by atoms with Gasteiger partial charge < -0.3 is 5.32 Å². The lowest BCUT2D eigenvalue weighted by Gasteiger charge is -2.29. The fourth-order valence-electron chi connectivity index (χ4n) is 3.46. The Morgan fingerprint density at radius 1 is 1.24 bits per heavy atom. The third-order valence-corrected chi connectivity index (χ3v) is 6.39. The van der Waals surface area contributed by atoms with Crippen LogP contribution in [0.3, 0.4) is 0 Å². The van der Waals surface area contributed by atoms with Crippen molar-refractivity contribution >= 4 is 9.84 Å². The lowest BCUT2D eigenvalue weighted by Crippen LogP contribution is -2.28. The number of sulfone groups is 1. The lowest BCUT2D eigenvalue weighted by atomic mass is 9.84. The minimum Gasteiger partial charge on any atom is -0.313 e. The van der Waals surface area contributed by atoms with E-state index in [2.05, 4.69) is 29.6 Å². The lowest BCUT2D eigenvalue weighted by molar-refractivity contribution is 0.318. The molecule has 0 spiro atoms. The van der Waals surface area contributed by atoms with Gasteiger partial charge in [0, 0.05) is 12.3 Å². The first-order valence-electron chi connectivity index (χ1n) is 7.91. The molecule has 1 aromatic carbocycles. The summed E-state index contributed by atoms with van der Waals surface area (Å²) in [5.41, 5.74) is 1.32. The number of benzene rings is 1. The second-order valence-electron chi connectivity index (χ2n) is 6.31. The van der Waals surface area contributed by atoms with E-state index < -0.39 is 9.84 Å². The van der Waals surface area contributed by atoms with Gasteiger partial charge in [-0.25, -0.2) is 8.42 Å². The summed E-state index contributed by atoms with van der Waals surface area (Å²) in [6, 6.07) is 10.8. The summed E-state index contributed by atoms with van der Waals surface area (Å²) in [5.74, 6) is 0.554. The molecule has 3 nitrogen and oxygen atoms in total. The van der Waals surface area contributed by atoms with Gasteiger partial charge in [-0.1, -0.05) is 43.2 Å². The Bertz CT molecular complexity index is 527. The quantitative estimate of drug-likeness (QED) is 0.876. The highest BCUT2D eigenvalue weighted by molar-refractivity contribution is 7.91. The van der Waals surface area contributed by atoms with Crippen molar-refractivity contribution in [3.05, 3.63) is 35.9 Å². The molecule has 118 valence electrons. The zero-order valence-corrected chi connectivity index (χ0v) is 13.9. The zero-order valence-electron chi connectivity index (χ0n) is 13.1. The minimum absolute atomic E-state index is 0.110. The van der Waals surface area contributed by atoms with E-state index in [-0.39, 0.29) is 5.25 Å². The molecule has 0 aromatic heterocycles. The van der Waals surface area contributed by atoms with E-state index in [4.69, 9.17) is 0 Å². The van der Waals surface area contributed by atoms with Crippen LogP contribution in [0.5, 0.6) is 0 Å². The molecule has 1 N–H and O–H groups in total. The van der Waals surface area contributed by atoms with Crippen LogP contribution in [0.15, 0.2) is 30.3 Å². The topological polar surface area (TPSA) is 46.2 Å². The summed E-state index contributed by atoms with van der Waals surface area (Å²) >= 11 is 0. The van der Waals surface area contributed by atoms with Crippen molar-refractivity contribution in [2.45, 2.75) is 49.8 Å². The molecule has 1 aromatic rings. The van der Waals surface area contributed by atoms with E-state index in [1.54, 1.807) is 0 Å². The molecule has 0 saturated heterocycles. The number of hydrogen-bond acceptors (Lipinski definition) is 3. The van der Waals surface area contributed by atoms with Gasteiger partial charge in [-0.15, -0.1) is 0 Å². The third-order valence-electron chi connectivity index (χ3n) is 4.75. The third kappa shape index (κ3) is 4.82. The predicted octanol–water partition coefficient (Wildman–Crippen LogP) is 3.33. The first kappa shape index (κ1) is 16.5. The molecular formula is C17H27NO2S. The summed E-state index contributed by atoms with van der Waals surface area (Å²) in [6.07, 6.45) is 7.50. The largest absolute Gasteiger partial charge is 0.313 e. The molecule has 21 heavy (non-hydrogen) atoms. The van der Waals surface area contributed by atoms with E-state index in [0.717, 1.165) is 32.1 Å². The van der Waals surface area contributed by atoms with Gasteiger partial charge in [-0.05, 0) is 44.2 Å². The molecule has 2 rings (SSSR count). The Morgan fingerprint density at radius 2 is 1.95 bits per heavy atom. The summed E-state index contributed by atoms with van der Waals surface area (Å²) in [7, 11) is -0.873. The Morgan fingerprint density at radius 3 is 2.57 bits per heavy atom. The maximum atomic E-state index is 11.7. The molecule has 1 aliphatic rings. The fraction of sp³-hybridized carbons (Fsp3) is 0.647. The van der Waals surface area contributed by atoms with Crippen LogP contribution < -0.4 is 5.32 Å². The normalized spacial score (nSPS) is 24.7. The summed E-state index contributed by atoms with van der Waals surface area (Å²) in [4.78, 5) is 0. The van der Waals surface area contributed by atoms with E-state index in [9.17, 15) is 8.42 Å². The van der Waals surface area contributed by atoms with Crippen molar-refractivity contribution in [3.63, 3.8) is 0 Å². The van der Waals surface area contributed by atoms with Crippen LogP contribution in [0.4, 0.5) is 0 Å². The number of nitrogens with one attached hydrogen (secondary N) is 1. The van der Waals surface area contributed by atoms with Gasteiger partial charge in [-0.2, -0.15) is 0 Å². The highest BCUT2D eigenvalue weighted by Crippen LogP contribution is 2.33. The van der Waals surface area contributed by atoms with Crippen molar-refractivity contribution in [2.24, 2.45) is 5.92 Å².